The molecule has 1 aromatic rings. The molecule has 0 spiro atoms. The van der Waals surface area contributed by atoms with E-state index in [4.69, 9.17) is 4.74 Å². The van der Waals surface area contributed by atoms with Gasteiger partial charge >= 0.3 is 5.97 Å². The van der Waals surface area contributed by atoms with E-state index < -0.39 is 23.6 Å². The minimum absolute atomic E-state index is 0.0415. The summed E-state index contributed by atoms with van der Waals surface area (Å²) >= 11 is 1.37. The quantitative estimate of drug-likeness (QED) is 0.529. The van der Waals surface area contributed by atoms with E-state index in [0.717, 1.165) is 17.6 Å². The summed E-state index contributed by atoms with van der Waals surface area (Å²) in [6.07, 6.45) is 7.47. The summed E-state index contributed by atoms with van der Waals surface area (Å²) in [7, 11) is 0. The fourth-order valence-corrected chi connectivity index (χ4v) is 4.87. The number of hydrogen-bond acceptors (Lipinski definition) is 7. The molecule has 0 radical (unpaired) electrons. The number of esters is 1. The van der Waals surface area contributed by atoms with E-state index in [1.165, 1.54) is 11.3 Å². The van der Waals surface area contributed by atoms with Gasteiger partial charge in [0.05, 0.1) is 30.2 Å². The first-order chi connectivity index (χ1) is 16.4. The van der Waals surface area contributed by atoms with Crippen molar-refractivity contribution in [3.8, 4) is 0 Å². The number of ketones is 1. The molecule has 0 saturated carbocycles. The number of aliphatic hydroxyl groups excluding tert-OH is 2. The molecule has 0 unspecified atom stereocenters. The highest BCUT2D eigenvalue weighted by atomic mass is 32.1. The lowest BCUT2D eigenvalue weighted by atomic mass is 9.70. The van der Waals surface area contributed by atoms with Crippen LogP contribution in [0.3, 0.4) is 0 Å². The smallest absolute Gasteiger partial charge is 0.309 e. The van der Waals surface area contributed by atoms with Gasteiger partial charge in [0, 0.05) is 17.7 Å². The molecular weight excluding hydrogens is 462 g/mol. The third-order valence-corrected chi connectivity index (χ3v) is 8.18. The van der Waals surface area contributed by atoms with Gasteiger partial charge in [-0.2, -0.15) is 0 Å². The fourth-order valence-electron chi connectivity index (χ4n) is 4.26. The highest BCUT2D eigenvalue weighted by Crippen LogP contribution is 2.34. The molecule has 0 amide bonds. The molecule has 2 N–H and O–H groups in total. The number of nitrogens with zero attached hydrogens (tertiary/aromatic N) is 1. The van der Waals surface area contributed by atoms with Crippen LogP contribution in [-0.2, 0) is 20.9 Å². The van der Waals surface area contributed by atoms with Gasteiger partial charge in [-0.3, -0.25) is 9.59 Å². The lowest BCUT2D eigenvalue weighted by Gasteiger charge is -2.35. The van der Waals surface area contributed by atoms with Crippen molar-refractivity contribution in [3.63, 3.8) is 0 Å². The predicted molar refractivity (Wildman–Crippen MR) is 141 cm³/mol. The molecule has 0 saturated heterocycles. The van der Waals surface area contributed by atoms with Gasteiger partial charge in [-0.15, -0.1) is 11.3 Å². The van der Waals surface area contributed by atoms with Crippen molar-refractivity contribution in [2.45, 2.75) is 86.5 Å². The van der Waals surface area contributed by atoms with Crippen LogP contribution >= 0.6 is 11.3 Å². The van der Waals surface area contributed by atoms with Crippen LogP contribution in [0.25, 0.3) is 6.08 Å². The molecule has 35 heavy (non-hydrogen) atoms. The number of hydrogen-bond donors (Lipinski definition) is 2. The zero-order valence-electron chi connectivity index (χ0n) is 22.1. The van der Waals surface area contributed by atoms with E-state index >= 15 is 0 Å². The van der Waals surface area contributed by atoms with Gasteiger partial charge in [0.1, 0.15) is 16.9 Å². The molecule has 7 heteroatoms. The number of carbonyl (C=O) groups is 2. The van der Waals surface area contributed by atoms with Crippen LogP contribution in [0, 0.1) is 23.2 Å². The Bertz CT molecular complexity index is 974. The minimum Gasteiger partial charge on any atom is -0.457 e. The van der Waals surface area contributed by atoms with Crippen LogP contribution in [0.5, 0.6) is 0 Å². The van der Waals surface area contributed by atoms with E-state index in [1.54, 1.807) is 13.8 Å². The van der Waals surface area contributed by atoms with Gasteiger partial charge in [0.25, 0.3) is 0 Å². The second-order valence-electron chi connectivity index (χ2n) is 10.4. The Morgan fingerprint density at radius 1 is 1.26 bits per heavy atom. The highest BCUT2D eigenvalue weighted by Gasteiger charge is 2.41. The fraction of sp³-hybridized carbons (Fsp3) is 0.607. The van der Waals surface area contributed by atoms with Crippen LogP contribution in [0.15, 0.2) is 34.8 Å². The maximum absolute atomic E-state index is 13.3. The zero-order valence-corrected chi connectivity index (χ0v) is 22.9. The number of rotatable bonds is 3. The molecule has 0 bridgehead atoms. The number of aliphatic hydroxyl groups is 2. The Hall–Kier alpha value is -2.09. The molecule has 194 valence electrons. The average Bonchev–Trinajstić information content (AvgIpc) is 3.26. The van der Waals surface area contributed by atoms with Gasteiger partial charge in [-0.1, -0.05) is 58.4 Å². The van der Waals surface area contributed by atoms with Crippen molar-refractivity contribution in [3.05, 3.63) is 45.5 Å². The first kappa shape index (κ1) is 29.1. The largest absolute Gasteiger partial charge is 0.457 e. The van der Waals surface area contributed by atoms with E-state index in [9.17, 15) is 19.8 Å². The summed E-state index contributed by atoms with van der Waals surface area (Å²) in [5.74, 6) is -0.405. The maximum Gasteiger partial charge on any atom is 0.309 e. The van der Waals surface area contributed by atoms with Crippen molar-refractivity contribution in [2.24, 2.45) is 23.2 Å². The Labute approximate surface area is 213 Å². The summed E-state index contributed by atoms with van der Waals surface area (Å²) in [6, 6.07) is 0. The van der Waals surface area contributed by atoms with E-state index in [-0.39, 0.29) is 30.6 Å². The molecule has 0 fully saturated rings. The Kier molecular flexibility index (Phi) is 10.6. The third kappa shape index (κ3) is 7.95. The summed E-state index contributed by atoms with van der Waals surface area (Å²) in [5.41, 5.74) is 1.50. The predicted octanol–water partition coefficient (Wildman–Crippen LogP) is 5.50. The lowest BCUT2D eigenvalue weighted by molar-refractivity contribution is -0.153. The number of ether oxygens (including phenoxy) is 1. The van der Waals surface area contributed by atoms with Crippen LogP contribution in [0.2, 0.25) is 0 Å². The summed E-state index contributed by atoms with van der Waals surface area (Å²) in [5, 5.41) is 22.6. The van der Waals surface area contributed by atoms with Gasteiger partial charge in [-0.25, -0.2) is 4.98 Å². The highest BCUT2D eigenvalue weighted by molar-refractivity contribution is 7.09. The number of Topliss-reactive ketones (excluding diaryl/α,β-unsaturated/α-hetero) is 1. The summed E-state index contributed by atoms with van der Waals surface area (Å²) < 4.78 is 5.81. The molecule has 0 aromatic carbocycles. The Morgan fingerprint density at radius 2 is 1.94 bits per heavy atom. The first-order valence-electron chi connectivity index (χ1n) is 12.3. The minimum atomic E-state index is -1.15. The molecular formula is C28H41NO5S. The topological polar surface area (TPSA) is 96.7 Å². The lowest BCUT2D eigenvalue weighted by Crippen LogP contribution is -2.43. The van der Waals surface area contributed by atoms with E-state index in [2.05, 4.69) is 31.0 Å². The van der Waals surface area contributed by atoms with Gasteiger partial charge < -0.3 is 14.9 Å². The number of aromatic nitrogens is 1. The first-order valence-corrected chi connectivity index (χ1v) is 13.2. The van der Waals surface area contributed by atoms with E-state index in [1.807, 2.05) is 38.3 Å². The van der Waals surface area contributed by atoms with Gasteiger partial charge in [0.15, 0.2) is 0 Å². The van der Waals surface area contributed by atoms with Crippen LogP contribution in [0.1, 0.15) is 78.4 Å². The van der Waals surface area contributed by atoms with Crippen molar-refractivity contribution >= 4 is 29.2 Å². The van der Waals surface area contributed by atoms with Crippen molar-refractivity contribution in [1.82, 2.24) is 4.98 Å². The number of allylic oxidation sites excluding steroid dienone is 3. The van der Waals surface area contributed by atoms with Crippen molar-refractivity contribution in [2.75, 3.05) is 0 Å². The second-order valence-corrected chi connectivity index (χ2v) is 11.4. The third-order valence-electron chi connectivity index (χ3n) is 7.33. The number of thiazole rings is 1. The summed E-state index contributed by atoms with van der Waals surface area (Å²) in [6.45, 7) is 13.3. The average molecular weight is 504 g/mol. The van der Waals surface area contributed by atoms with Crippen LogP contribution < -0.4 is 0 Å². The normalized spacial score (nSPS) is 32.0. The standard InChI is InChI=1S/C28H41NO5S/c1-17-9-8-10-18(2)20(4)21(5)27(33)28(6,7)24(31)14-26(32)34-23(12-11-17)19(3)13-22-16-35-25(15-30)29-22/h8-9,11,13,16,18,20-21,23-24,30-31H,10,12,14-15H2,1-7H3/b9-8+,17-11-,19-13+/t18-,20-,21+,23-,24-/m0/s1. The Balaban J connectivity index is 2.37. The molecule has 6 nitrogen and oxygen atoms in total. The monoisotopic (exact) mass is 503 g/mol. The molecule has 5 atom stereocenters. The van der Waals surface area contributed by atoms with Crippen LogP contribution in [-0.4, -0.2) is 39.2 Å². The number of cyclic esters (lactones) is 1. The Morgan fingerprint density at radius 3 is 2.57 bits per heavy atom. The molecule has 2 heterocycles. The van der Waals surface area contributed by atoms with Gasteiger partial charge in [0.2, 0.25) is 0 Å². The van der Waals surface area contributed by atoms with Crippen molar-refractivity contribution in [1.29, 1.82) is 0 Å². The van der Waals surface area contributed by atoms with Crippen molar-refractivity contribution < 1.29 is 24.5 Å². The van der Waals surface area contributed by atoms with Gasteiger partial charge in [-0.05, 0) is 43.8 Å². The zero-order chi connectivity index (χ0) is 26.3. The molecule has 1 aromatic heterocycles. The number of carbonyl (C=O) groups excluding carboxylic acids is 2. The SMILES string of the molecule is CC1=C/C[C@@H](/C(C)=C/c2csc(CO)n2)OC(=O)C[C@H](O)C(C)(C)C(=O)[C@H](C)[C@@H](C)[C@@H](C)C\C=C\1. The maximum atomic E-state index is 13.3. The summed E-state index contributed by atoms with van der Waals surface area (Å²) in [4.78, 5) is 30.5. The van der Waals surface area contributed by atoms with Crippen LogP contribution in [0.4, 0.5) is 0 Å². The molecule has 1 aliphatic heterocycles. The molecule has 2 rings (SSSR count). The second kappa shape index (κ2) is 12.7. The molecule has 0 aliphatic carbocycles. The van der Waals surface area contributed by atoms with E-state index in [0.29, 0.717) is 23.0 Å². The molecule has 1 aliphatic rings.